The molecule has 0 saturated heterocycles. The first-order valence-corrected chi connectivity index (χ1v) is 7.29. The molecule has 1 aromatic heterocycles. The number of hydrogen-bond acceptors (Lipinski definition) is 4. The van der Waals surface area contributed by atoms with E-state index in [-0.39, 0.29) is 16.7 Å². The molecule has 0 atom stereocenters. The third-order valence-electron chi connectivity index (χ3n) is 2.70. The van der Waals surface area contributed by atoms with E-state index >= 15 is 0 Å². The Morgan fingerprint density at radius 3 is 2.65 bits per heavy atom. The quantitative estimate of drug-likeness (QED) is 0.879. The van der Waals surface area contributed by atoms with Gasteiger partial charge in [-0.25, -0.2) is 4.98 Å². The molecular weight excluding hydrogens is 296 g/mol. The summed E-state index contributed by atoms with van der Waals surface area (Å²) in [5.41, 5.74) is 1.02. The second-order valence-corrected chi connectivity index (χ2v) is 6.70. The van der Waals surface area contributed by atoms with Crippen LogP contribution in [0.4, 0.5) is 5.13 Å². The Labute approximate surface area is 126 Å². The molecule has 106 valence electrons. The van der Waals surface area contributed by atoms with Gasteiger partial charge < -0.3 is 5.11 Å². The fourth-order valence-electron chi connectivity index (χ4n) is 1.54. The minimum atomic E-state index is -0.408. The van der Waals surface area contributed by atoms with Gasteiger partial charge >= 0.3 is 0 Å². The summed E-state index contributed by atoms with van der Waals surface area (Å²) in [5, 5.41) is 15.2. The summed E-state index contributed by atoms with van der Waals surface area (Å²) in [6.07, 6.45) is 0. The van der Waals surface area contributed by atoms with Gasteiger partial charge in [0.1, 0.15) is 5.75 Å². The molecule has 2 aromatic rings. The first-order valence-electron chi connectivity index (χ1n) is 6.03. The molecule has 2 rings (SSSR count). The van der Waals surface area contributed by atoms with E-state index in [9.17, 15) is 9.90 Å². The summed E-state index contributed by atoms with van der Waals surface area (Å²) in [7, 11) is 0. The summed E-state index contributed by atoms with van der Waals surface area (Å²) in [5.74, 6) is -0.559. The van der Waals surface area contributed by atoms with E-state index in [0.717, 1.165) is 5.69 Å². The minimum absolute atomic E-state index is 0.0676. The highest BCUT2D eigenvalue weighted by atomic mass is 35.5. The van der Waals surface area contributed by atoms with Gasteiger partial charge in [0.25, 0.3) is 5.91 Å². The molecule has 4 nitrogen and oxygen atoms in total. The predicted octanol–water partition coefficient (Wildman–Crippen LogP) is 4.05. The normalized spacial score (nSPS) is 11.4. The Morgan fingerprint density at radius 1 is 1.40 bits per heavy atom. The summed E-state index contributed by atoms with van der Waals surface area (Å²) >= 11 is 7.09. The molecular formula is C14H15ClN2O2S. The molecule has 0 bridgehead atoms. The Bertz CT molecular complexity index is 647. The van der Waals surface area contributed by atoms with Crippen molar-refractivity contribution in [2.24, 2.45) is 0 Å². The predicted molar refractivity (Wildman–Crippen MR) is 81.9 cm³/mol. The number of phenolic OH excluding ortho intramolecular Hbond substituents is 1. The molecule has 0 saturated carbocycles. The lowest BCUT2D eigenvalue weighted by Gasteiger charge is -2.14. The van der Waals surface area contributed by atoms with Crippen LogP contribution < -0.4 is 5.32 Å². The van der Waals surface area contributed by atoms with Crippen LogP contribution in [0.25, 0.3) is 0 Å². The number of hydrogen-bond donors (Lipinski definition) is 2. The smallest absolute Gasteiger partial charge is 0.261 e. The van der Waals surface area contributed by atoms with Crippen molar-refractivity contribution in [1.29, 1.82) is 0 Å². The van der Waals surface area contributed by atoms with Crippen LogP contribution in [0.5, 0.6) is 5.75 Å². The van der Waals surface area contributed by atoms with Gasteiger partial charge in [-0.2, -0.15) is 0 Å². The summed E-state index contributed by atoms with van der Waals surface area (Å²) in [6, 6.07) is 4.36. The summed E-state index contributed by atoms with van der Waals surface area (Å²) in [4.78, 5) is 16.4. The lowest BCUT2D eigenvalue weighted by Crippen LogP contribution is -2.14. The average Bonchev–Trinajstić information content (AvgIpc) is 2.76. The number of aromatic hydroxyl groups is 1. The van der Waals surface area contributed by atoms with Gasteiger partial charge in [-0.3, -0.25) is 10.1 Å². The van der Waals surface area contributed by atoms with Crippen molar-refractivity contribution in [2.75, 3.05) is 5.32 Å². The largest absolute Gasteiger partial charge is 0.507 e. The average molecular weight is 311 g/mol. The van der Waals surface area contributed by atoms with Gasteiger partial charge in [-0.1, -0.05) is 32.4 Å². The molecule has 1 heterocycles. The number of carbonyl (C=O) groups excluding carboxylic acids is 1. The number of nitrogens with one attached hydrogen (secondary N) is 1. The van der Waals surface area contributed by atoms with Crippen molar-refractivity contribution in [3.05, 3.63) is 39.9 Å². The van der Waals surface area contributed by atoms with Crippen molar-refractivity contribution in [1.82, 2.24) is 4.98 Å². The topological polar surface area (TPSA) is 62.2 Å². The maximum absolute atomic E-state index is 12.1. The fraction of sp³-hybridized carbons (Fsp3) is 0.286. The van der Waals surface area contributed by atoms with E-state index in [1.165, 1.54) is 23.5 Å². The first kappa shape index (κ1) is 14.8. The molecule has 0 aliphatic heterocycles. The van der Waals surface area contributed by atoms with Crippen LogP contribution in [0.2, 0.25) is 5.02 Å². The summed E-state index contributed by atoms with van der Waals surface area (Å²) < 4.78 is 0. The molecule has 6 heteroatoms. The maximum atomic E-state index is 12.1. The van der Waals surface area contributed by atoms with E-state index in [1.807, 2.05) is 5.38 Å². The SMILES string of the molecule is CC(C)(C)c1csc(NC(=O)c2ccc(Cl)cc2O)n1. The molecule has 0 unspecified atom stereocenters. The molecule has 0 aliphatic carbocycles. The number of rotatable bonds is 2. The van der Waals surface area contributed by atoms with Gasteiger partial charge in [0.15, 0.2) is 5.13 Å². The van der Waals surface area contributed by atoms with Gasteiger partial charge in [0.2, 0.25) is 0 Å². The third-order valence-corrected chi connectivity index (χ3v) is 3.69. The zero-order valence-electron chi connectivity index (χ0n) is 11.4. The number of benzene rings is 1. The molecule has 0 radical (unpaired) electrons. The van der Waals surface area contributed by atoms with E-state index in [4.69, 9.17) is 11.6 Å². The molecule has 1 aromatic carbocycles. The number of amides is 1. The van der Waals surface area contributed by atoms with Crippen LogP contribution in [-0.2, 0) is 5.41 Å². The van der Waals surface area contributed by atoms with E-state index in [1.54, 1.807) is 6.07 Å². The van der Waals surface area contributed by atoms with Gasteiger partial charge in [0, 0.05) is 15.8 Å². The van der Waals surface area contributed by atoms with E-state index < -0.39 is 5.91 Å². The number of thiazole rings is 1. The van der Waals surface area contributed by atoms with Gasteiger partial charge in [0.05, 0.1) is 11.3 Å². The lowest BCUT2D eigenvalue weighted by molar-refractivity contribution is 0.102. The number of aromatic nitrogens is 1. The van der Waals surface area contributed by atoms with Crippen LogP contribution >= 0.6 is 22.9 Å². The maximum Gasteiger partial charge on any atom is 0.261 e. The third kappa shape index (κ3) is 3.29. The van der Waals surface area contributed by atoms with Gasteiger partial charge in [-0.15, -0.1) is 11.3 Å². The van der Waals surface area contributed by atoms with Crippen molar-refractivity contribution in [3.8, 4) is 5.75 Å². The number of phenols is 1. The number of carbonyl (C=O) groups is 1. The molecule has 1 amide bonds. The Kier molecular flexibility index (Phi) is 4.01. The van der Waals surface area contributed by atoms with E-state index in [0.29, 0.717) is 10.2 Å². The highest BCUT2D eigenvalue weighted by molar-refractivity contribution is 7.14. The number of anilines is 1. The monoisotopic (exact) mass is 310 g/mol. The first-order chi connectivity index (χ1) is 9.27. The zero-order chi connectivity index (χ0) is 14.9. The lowest BCUT2D eigenvalue weighted by atomic mass is 9.93. The van der Waals surface area contributed by atoms with Gasteiger partial charge in [-0.05, 0) is 18.2 Å². The van der Waals surface area contributed by atoms with Crippen LogP contribution in [0.3, 0.4) is 0 Å². The van der Waals surface area contributed by atoms with Crippen LogP contribution in [0.1, 0.15) is 36.8 Å². The molecule has 0 fully saturated rings. The molecule has 2 N–H and O–H groups in total. The minimum Gasteiger partial charge on any atom is -0.507 e. The molecule has 20 heavy (non-hydrogen) atoms. The van der Waals surface area contributed by atoms with Crippen molar-refractivity contribution >= 4 is 34.0 Å². The second kappa shape index (κ2) is 5.42. The fourth-order valence-corrected chi connectivity index (χ4v) is 2.64. The second-order valence-electron chi connectivity index (χ2n) is 5.40. The Balaban J connectivity index is 2.17. The Morgan fingerprint density at radius 2 is 2.10 bits per heavy atom. The zero-order valence-corrected chi connectivity index (χ0v) is 13.0. The number of halogens is 1. The Hall–Kier alpha value is -1.59. The number of nitrogens with zero attached hydrogens (tertiary/aromatic N) is 1. The highest BCUT2D eigenvalue weighted by Gasteiger charge is 2.19. The highest BCUT2D eigenvalue weighted by Crippen LogP contribution is 2.27. The standard InChI is InChI=1S/C14H15ClN2O2S/c1-14(2,3)11-7-20-13(16-11)17-12(19)9-5-4-8(15)6-10(9)18/h4-7,18H,1-3H3,(H,16,17,19). The van der Waals surface area contributed by atoms with Crippen molar-refractivity contribution < 1.29 is 9.90 Å². The van der Waals surface area contributed by atoms with E-state index in [2.05, 4.69) is 31.1 Å². The van der Waals surface area contributed by atoms with Crippen LogP contribution in [0, 0.1) is 0 Å². The summed E-state index contributed by atoms with van der Waals surface area (Å²) in [6.45, 7) is 6.16. The van der Waals surface area contributed by atoms with Crippen LogP contribution in [-0.4, -0.2) is 16.0 Å². The molecule has 0 aliphatic rings. The molecule has 0 spiro atoms. The van der Waals surface area contributed by atoms with Crippen LogP contribution in [0.15, 0.2) is 23.6 Å². The van der Waals surface area contributed by atoms with Crippen molar-refractivity contribution in [2.45, 2.75) is 26.2 Å². The van der Waals surface area contributed by atoms with Crippen molar-refractivity contribution in [3.63, 3.8) is 0 Å².